The molecule has 0 fully saturated rings. The Morgan fingerprint density at radius 3 is 2.54 bits per heavy atom. The van der Waals surface area contributed by atoms with Crippen LogP contribution in [0.3, 0.4) is 0 Å². The van der Waals surface area contributed by atoms with Gasteiger partial charge in [0, 0.05) is 52.5 Å². The SMILES string of the molecule is COc1ccc2[nH]cc(CCNC(=O)CCc3c(C)c4cc5c(C)c(C)oc5cc4oc3=O)c2c1. The number of fused-ring (bicyclic) bond motifs is 3. The highest BCUT2D eigenvalue weighted by Gasteiger charge is 2.16. The molecule has 3 heterocycles. The van der Waals surface area contributed by atoms with E-state index in [-0.39, 0.29) is 12.3 Å². The zero-order valence-corrected chi connectivity index (χ0v) is 20.3. The van der Waals surface area contributed by atoms with Gasteiger partial charge in [-0.2, -0.15) is 0 Å². The molecule has 0 radical (unpaired) electrons. The molecule has 0 atom stereocenters. The molecule has 3 aromatic heterocycles. The summed E-state index contributed by atoms with van der Waals surface area (Å²) in [6.45, 7) is 6.35. The quantitative estimate of drug-likeness (QED) is 0.316. The van der Waals surface area contributed by atoms with Crippen molar-refractivity contribution in [3.8, 4) is 5.75 Å². The van der Waals surface area contributed by atoms with Crippen molar-refractivity contribution >= 4 is 38.7 Å². The third kappa shape index (κ3) is 4.18. The van der Waals surface area contributed by atoms with E-state index in [0.29, 0.717) is 36.1 Å². The Morgan fingerprint density at radius 2 is 1.74 bits per heavy atom. The third-order valence-corrected chi connectivity index (χ3v) is 6.88. The molecule has 5 rings (SSSR count). The fourth-order valence-electron chi connectivity index (χ4n) is 4.67. The van der Waals surface area contributed by atoms with E-state index in [1.807, 2.05) is 51.2 Å². The van der Waals surface area contributed by atoms with E-state index in [9.17, 15) is 9.59 Å². The molecule has 7 heteroatoms. The number of benzene rings is 2. The molecule has 5 aromatic rings. The highest BCUT2D eigenvalue weighted by Crippen LogP contribution is 2.31. The van der Waals surface area contributed by atoms with Gasteiger partial charge < -0.3 is 23.9 Å². The number of hydrogen-bond acceptors (Lipinski definition) is 5. The third-order valence-electron chi connectivity index (χ3n) is 6.88. The lowest BCUT2D eigenvalue weighted by molar-refractivity contribution is -0.121. The van der Waals surface area contributed by atoms with E-state index in [0.717, 1.165) is 49.9 Å². The molecule has 0 aliphatic rings. The summed E-state index contributed by atoms with van der Waals surface area (Å²) in [7, 11) is 1.64. The molecule has 0 unspecified atom stereocenters. The van der Waals surface area contributed by atoms with Gasteiger partial charge in [-0.25, -0.2) is 4.79 Å². The first-order chi connectivity index (χ1) is 16.9. The van der Waals surface area contributed by atoms with Gasteiger partial charge in [0.05, 0.1) is 7.11 Å². The first-order valence-electron chi connectivity index (χ1n) is 11.7. The zero-order chi connectivity index (χ0) is 24.7. The molecule has 7 nitrogen and oxygen atoms in total. The minimum absolute atomic E-state index is 0.0990. The van der Waals surface area contributed by atoms with Crippen molar-refractivity contribution in [2.45, 2.75) is 40.0 Å². The Morgan fingerprint density at radius 1 is 0.971 bits per heavy atom. The molecule has 0 spiro atoms. The number of furan rings is 1. The number of amides is 1. The second-order valence-corrected chi connectivity index (χ2v) is 8.95. The fraction of sp³-hybridized carbons (Fsp3) is 0.286. The largest absolute Gasteiger partial charge is 0.497 e. The van der Waals surface area contributed by atoms with Crippen LogP contribution >= 0.6 is 0 Å². The van der Waals surface area contributed by atoms with Crippen molar-refractivity contribution in [3.05, 3.63) is 75.0 Å². The monoisotopic (exact) mass is 472 g/mol. The number of H-pyrrole nitrogens is 1. The van der Waals surface area contributed by atoms with Gasteiger partial charge in [0.25, 0.3) is 0 Å². The van der Waals surface area contributed by atoms with Crippen LogP contribution in [0.1, 0.15) is 34.4 Å². The lowest BCUT2D eigenvalue weighted by atomic mass is 10.0. The lowest BCUT2D eigenvalue weighted by Crippen LogP contribution is -2.26. The Hall–Kier alpha value is -4.00. The summed E-state index contributed by atoms with van der Waals surface area (Å²) in [5, 5.41) is 5.92. The number of aromatic amines is 1. The van der Waals surface area contributed by atoms with Gasteiger partial charge >= 0.3 is 5.63 Å². The number of ether oxygens (including phenoxy) is 1. The number of aromatic nitrogens is 1. The van der Waals surface area contributed by atoms with Crippen LogP contribution in [0, 0.1) is 20.8 Å². The highest BCUT2D eigenvalue weighted by molar-refractivity contribution is 5.96. The molecule has 0 saturated heterocycles. The summed E-state index contributed by atoms with van der Waals surface area (Å²) >= 11 is 0. The summed E-state index contributed by atoms with van der Waals surface area (Å²) < 4.78 is 16.7. The standard InChI is InChI=1S/C28H28N2O5/c1-15-17(3)34-25-13-26-22(12-21(15)25)16(2)20(28(32)35-26)6-8-27(31)29-10-9-18-14-30-24-7-5-19(33-4)11-23(18)24/h5,7,11-14,30H,6,8-10H2,1-4H3,(H,29,31). The van der Waals surface area contributed by atoms with Crippen LogP contribution in [0.15, 0.2) is 50.2 Å². The maximum atomic E-state index is 12.7. The molecular formula is C28H28N2O5. The predicted octanol–water partition coefficient (Wildman–Crippen LogP) is 5.25. The maximum Gasteiger partial charge on any atom is 0.339 e. The van der Waals surface area contributed by atoms with E-state index in [1.54, 1.807) is 13.2 Å². The van der Waals surface area contributed by atoms with Gasteiger partial charge in [-0.3, -0.25) is 4.79 Å². The summed E-state index contributed by atoms with van der Waals surface area (Å²) in [6.07, 6.45) is 3.18. The molecular weight excluding hydrogens is 444 g/mol. The Labute approximate surface area is 202 Å². The van der Waals surface area contributed by atoms with Gasteiger partial charge in [0.2, 0.25) is 5.91 Å². The van der Waals surface area contributed by atoms with Crippen LogP contribution < -0.4 is 15.7 Å². The van der Waals surface area contributed by atoms with Gasteiger partial charge in [-0.15, -0.1) is 0 Å². The average Bonchev–Trinajstić information content (AvgIpc) is 3.37. The van der Waals surface area contributed by atoms with E-state index in [2.05, 4.69) is 10.3 Å². The van der Waals surface area contributed by atoms with Crippen molar-refractivity contribution in [2.24, 2.45) is 0 Å². The fourth-order valence-corrected chi connectivity index (χ4v) is 4.67. The average molecular weight is 473 g/mol. The van der Waals surface area contributed by atoms with E-state index in [1.165, 1.54) is 0 Å². The van der Waals surface area contributed by atoms with Crippen molar-refractivity contribution in [1.82, 2.24) is 10.3 Å². The van der Waals surface area contributed by atoms with E-state index < -0.39 is 5.63 Å². The van der Waals surface area contributed by atoms with Gasteiger partial charge in [0.15, 0.2) is 0 Å². The van der Waals surface area contributed by atoms with Crippen LogP contribution in [-0.4, -0.2) is 24.5 Å². The first-order valence-corrected chi connectivity index (χ1v) is 11.7. The number of aryl methyl sites for hydroxylation is 3. The molecule has 2 aromatic carbocycles. The highest BCUT2D eigenvalue weighted by atomic mass is 16.5. The summed E-state index contributed by atoms with van der Waals surface area (Å²) in [5.74, 6) is 1.54. The molecule has 2 N–H and O–H groups in total. The van der Waals surface area contributed by atoms with Gasteiger partial charge in [0.1, 0.15) is 22.7 Å². The van der Waals surface area contributed by atoms with Crippen LogP contribution in [0.25, 0.3) is 32.8 Å². The van der Waals surface area contributed by atoms with Crippen molar-refractivity contribution in [1.29, 1.82) is 0 Å². The molecule has 0 aliphatic carbocycles. The van der Waals surface area contributed by atoms with Crippen LogP contribution in [0.2, 0.25) is 0 Å². The number of nitrogens with one attached hydrogen (secondary N) is 2. The Kier molecular flexibility index (Phi) is 5.84. The molecule has 180 valence electrons. The van der Waals surface area contributed by atoms with Crippen LogP contribution in [0.4, 0.5) is 0 Å². The topological polar surface area (TPSA) is 97.5 Å². The minimum atomic E-state index is -0.408. The predicted molar refractivity (Wildman–Crippen MR) is 136 cm³/mol. The molecule has 1 amide bonds. The van der Waals surface area contributed by atoms with E-state index in [4.69, 9.17) is 13.6 Å². The summed E-state index contributed by atoms with van der Waals surface area (Å²) in [4.78, 5) is 28.5. The Balaban J connectivity index is 1.26. The number of methoxy groups -OCH3 is 1. The second kappa shape index (κ2) is 8.98. The van der Waals surface area contributed by atoms with Crippen molar-refractivity contribution in [2.75, 3.05) is 13.7 Å². The number of hydrogen-bond donors (Lipinski definition) is 2. The normalized spacial score (nSPS) is 11.5. The summed E-state index contributed by atoms with van der Waals surface area (Å²) in [6, 6.07) is 9.67. The second-order valence-electron chi connectivity index (χ2n) is 8.95. The zero-order valence-electron chi connectivity index (χ0n) is 20.3. The smallest absolute Gasteiger partial charge is 0.339 e. The molecule has 0 bridgehead atoms. The summed E-state index contributed by atoms with van der Waals surface area (Å²) in [5.41, 5.74) is 5.39. The molecule has 0 aliphatic heterocycles. The maximum absolute atomic E-state index is 12.7. The Bertz CT molecular complexity index is 1640. The van der Waals surface area contributed by atoms with Crippen molar-refractivity contribution in [3.63, 3.8) is 0 Å². The van der Waals surface area contributed by atoms with Gasteiger partial charge in [-0.1, -0.05) is 0 Å². The van der Waals surface area contributed by atoms with Crippen LogP contribution in [-0.2, 0) is 17.6 Å². The minimum Gasteiger partial charge on any atom is -0.497 e. The van der Waals surface area contributed by atoms with Crippen molar-refractivity contribution < 1.29 is 18.4 Å². The van der Waals surface area contributed by atoms with Crippen LogP contribution in [0.5, 0.6) is 5.75 Å². The molecule has 35 heavy (non-hydrogen) atoms. The number of rotatable bonds is 7. The number of carbonyl (C=O) groups is 1. The lowest BCUT2D eigenvalue weighted by Gasteiger charge is -2.09. The molecule has 0 saturated carbocycles. The van der Waals surface area contributed by atoms with Gasteiger partial charge in [-0.05, 0) is 74.6 Å². The first kappa shape index (κ1) is 22.8. The number of carbonyl (C=O) groups excluding carboxylic acids is 1. The van der Waals surface area contributed by atoms with E-state index >= 15 is 0 Å².